The van der Waals surface area contributed by atoms with E-state index in [4.69, 9.17) is 19.7 Å². The topological polar surface area (TPSA) is 97.2 Å². The molecule has 6 aromatic rings. The predicted molar refractivity (Wildman–Crippen MR) is 200 cm³/mol. The standard InChI is InChI=1S/C41H43N7O2/c1-41(2,3)32-22-20-31(21-23-32)39(49)43-33-17-12-18-34(25-33)44-40-45-37(36-38(46-40)48(28-42-36)35-19-10-11-24-50-35)47(26-29-13-6-4-7-14-29)27-30-15-8-5-9-16-30/h4-9,12-18,20-23,25,28,35H,10-11,19,24,26-27H2,1-3H3,(H,43,49)(H,44,45,46). The van der Waals surface area contributed by atoms with Gasteiger partial charge < -0.3 is 20.3 Å². The highest BCUT2D eigenvalue weighted by Gasteiger charge is 2.24. The van der Waals surface area contributed by atoms with Crippen molar-refractivity contribution in [3.8, 4) is 0 Å². The summed E-state index contributed by atoms with van der Waals surface area (Å²) in [5.41, 5.74) is 6.96. The summed E-state index contributed by atoms with van der Waals surface area (Å²) in [6, 6.07) is 36.2. The summed E-state index contributed by atoms with van der Waals surface area (Å²) >= 11 is 0. The fraction of sp³-hybridized carbons (Fsp3) is 0.268. The molecule has 0 radical (unpaired) electrons. The number of ether oxygens (including phenoxy) is 1. The number of rotatable bonds is 10. The van der Waals surface area contributed by atoms with Crippen molar-refractivity contribution >= 4 is 40.2 Å². The molecule has 0 saturated carbocycles. The number of fused-ring (bicyclic) bond motifs is 1. The van der Waals surface area contributed by atoms with Crippen molar-refractivity contribution in [3.05, 3.63) is 138 Å². The maximum absolute atomic E-state index is 13.2. The van der Waals surface area contributed by atoms with Gasteiger partial charge in [-0.3, -0.25) is 9.36 Å². The minimum absolute atomic E-state index is 0.0151. The summed E-state index contributed by atoms with van der Waals surface area (Å²) < 4.78 is 8.22. The Kier molecular flexibility index (Phi) is 9.58. The Hall–Kier alpha value is -5.54. The van der Waals surface area contributed by atoms with Gasteiger partial charge in [0.05, 0.1) is 6.33 Å². The first-order valence-electron chi connectivity index (χ1n) is 17.3. The first-order chi connectivity index (χ1) is 24.3. The van der Waals surface area contributed by atoms with Crippen molar-refractivity contribution in [3.63, 3.8) is 0 Å². The summed E-state index contributed by atoms with van der Waals surface area (Å²) in [5, 5.41) is 6.48. The van der Waals surface area contributed by atoms with Gasteiger partial charge in [-0.1, -0.05) is 99.6 Å². The van der Waals surface area contributed by atoms with E-state index in [0.717, 1.165) is 47.4 Å². The molecule has 0 bridgehead atoms. The third-order valence-corrected chi connectivity index (χ3v) is 8.99. The second-order valence-electron chi connectivity index (χ2n) is 13.8. The van der Waals surface area contributed by atoms with E-state index in [9.17, 15) is 4.79 Å². The molecule has 2 aromatic heterocycles. The normalized spacial score (nSPS) is 14.7. The molecule has 2 N–H and O–H groups in total. The molecule has 7 rings (SSSR count). The fourth-order valence-corrected chi connectivity index (χ4v) is 6.27. The molecule has 1 amide bonds. The van der Waals surface area contributed by atoms with Crippen LogP contribution in [0.4, 0.5) is 23.1 Å². The lowest BCUT2D eigenvalue weighted by molar-refractivity contribution is -0.0298. The highest BCUT2D eigenvalue weighted by molar-refractivity contribution is 6.04. The number of anilines is 4. The van der Waals surface area contributed by atoms with Gasteiger partial charge in [-0.15, -0.1) is 0 Å². The van der Waals surface area contributed by atoms with Gasteiger partial charge >= 0.3 is 0 Å². The van der Waals surface area contributed by atoms with Crippen molar-refractivity contribution in [1.82, 2.24) is 19.5 Å². The molecule has 9 nitrogen and oxygen atoms in total. The third-order valence-electron chi connectivity index (χ3n) is 8.99. The van der Waals surface area contributed by atoms with Crippen molar-refractivity contribution in [2.24, 2.45) is 0 Å². The van der Waals surface area contributed by atoms with E-state index >= 15 is 0 Å². The van der Waals surface area contributed by atoms with Gasteiger partial charge in [0.1, 0.15) is 6.23 Å². The number of imidazole rings is 1. The van der Waals surface area contributed by atoms with Gasteiger partial charge in [0.2, 0.25) is 5.95 Å². The molecule has 4 aromatic carbocycles. The van der Waals surface area contributed by atoms with Gasteiger partial charge in [0.15, 0.2) is 17.0 Å². The Morgan fingerprint density at radius 1 is 0.840 bits per heavy atom. The Bertz CT molecular complexity index is 2010. The monoisotopic (exact) mass is 665 g/mol. The van der Waals surface area contributed by atoms with E-state index < -0.39 is 0 Å². The number of hydrogen-bond donors (Lipinski definition) is 2. The number of nitrogens with one attached hydrogen (secondary N) is 2. The molecule has 254 valence electrons. The lowest BCUT2D eigenvalue weighted by atomic mass is 9.87. The maximum atomic E-state index is 13.2. The number of carbonyl (C=O) groups is 1. The number of aromatic nitrogens is 4. The predicted octanol–water partition coefficient (Wildman–Crippen LogP) is 9.03. The molecule has 1 fully saturated rings. The Morgan fingerprint density at radius 2 is 1.52 bits per heavy atom. The molecule has 1 unspecified atom stereocenters. The number of benzene rings is 4. The van der Waals surface area contributed by atoms with E-state index in [1.54, 1.807) is 0 Å². The van der Waals surface area contributed by atoms with Crippen LogP contribution < -0.4 is 15.5 Å². The summed E-state index contributed by atoms with van der Waals surface area (Å²) in [4.78, 5) is 30.4. The van der Waals surface area contributed by atoms with E-state index in [-0.39, 0.29) is 17.6 Å². The number of amides is 1. The van der Waals surface area contributed by atoms with E-state index in [1.807, 2.05) is 71.6 Å². The SMILES string of the molecule is CC(C)(C)c1ccc(C(=O)Nc2cccc(Nc3nc(N(Cc4ccccc4)Cc4ccccc4)c4ncn(C5CCCCO5)c4n3)c2)cc1. The maximum Gasteiger partial charge on any atom is 0.255 e. The summed E-state index contributed by atoms with van der Waals surface area (Å²) in [5.74, 6) is 0.983. The Morgan fingerprint density at radius 3 is 2.16 bits per heavy atom. The van der Waals surface area contributed by atoms with Gasteiger partial charge in [-0.25, -0.2) is 4.98 Å². The van der Waals surface area contributed by atoms with Crippen molar-refractivity contribution in [1.29, 1.82) is 0 Å². The first-order valence-corrected chi connectivity index (χ1v) is 17.3. The molecule has 0 spiro atoms. The van der Waals surface area contributed by atoms with Crippen molar-refractivity contribution < 1.29 is 9.53 Å². The zero-order chi connectivity index (χ0) is 34.5. The Balaban J connectivity index is 1.22. The van der Waals surface area contributed by atoms with Crippen LogP contribution in [0.5, 0.6) is 0 Å². The van der Waals surface area contributed by atoms with Crippen molar-refractivity contribution in [2.75, 3.05) is 22.1 Å². The number of nitrogens with zero attached hydrogens (tertiary/aromatic N) is 5. The second-order valence-corrected chi connectivity index (χ2v) is 13.8. The van der Waals surface area contributed by atoms with Gasteiger partial charge in [0, 0.05) is 36.6 Å². The lowest BCUT2D eigenvalue weighted by Gasteiger charge is -2.26. The molecule has 0 aliphatic carbocycles. The van der Waals surface area contributed by atoms with Gasteiger partial charge in [0.25, 0.3) is 5.91 Å². The molecular formula is C41H43N7O2. The zero-order valence-corrected chi connectivity index (χ0v) is 28.8. The molecule has 9 heteroatoms. The molecule has 1 aliphatic heterocycles. The van der Waals surface area contributed by atoms with E-state index in [2.05, 4.69) is 84.8 Å². The number of hydrogen-bond acceptors (Lipinski definition) is 7. The lowest BCUT2D eigenvalue weighted by Crippen LogP contribution is -2.24. The van der Waals surface area contributed by atoms with Crippen LogP contribution in [0.25, 0.3) is 11.2 Å². The molecular weight excluding hydrogens is 622 g/mol. The van der Waals surface area contributed by atoms with Crippen LogP contribution in [0, 0.1) is 0 Å². The second kappa shape index (κ2) is 14.5. The number of carbonyl (C=O) groups excluding carboxylic acids is 1. The molecule has 3 heterocycles. The van der Waals surface area contributed by atoms with Crippen LogP contribution in [0.2, 0.25) is 0 Å². The third kappa shape index (κ3) is 7.68. The van der Waals surface area contributed by atoms with Gasteiger partial charge in [-0.2, -0.15) is 9.97 Å². The minimum atomic E-state index is -0.170. The summed E-state index contributed by atoms with van der Waals surface area (Å²) in [7, 11) is 0. The van der Waals surface area contributed by atoms with E-state index in [1.165, 1.54) is 5.56 Å². The van der Waals surface area contributed by atoms with Crippen LogP contribution >= 0.6 is 0 Å². The van der Waals surface area contributed by atoms with Crippen LogP contribution in [-0.4, -0.2) is 32.0 Å². The molecule has 1 atom stereocenters. The fourth-order valence-electron chi connectivity index (χ4n) is 6.27. The summed E-state index contributed by atoms with van der Waals surface area (Å²) in [6.45, 7) is 8.45. The van der Waals surface area contributed by atoms with Gasteiger partial charge in [-0.05, 0) is 71.7 Å². The van der Waals surface area contributed by atoms with Crippen molar-refractivity contribution in [2.45, 2.75) is 64.8 Å². The van der Waals surface area contributed by atoms with Crippen LogP contribution in [0.3, 0.4) is 0 Å². The average molecular weight is 666 g/mol. The quantitative estimate of drug-likeness (QED) is 0.151. The summed E-state index contributed by atoms with van der Waals surface area (Å²) in [6.07, 6.45) is 4.72. The molecule has 1 aliphatic rings. The zero-order valence-electron chi connectivity index (χ0n) is 28.8. The highest BCUT2D eigenvalue weighted by atomic mass is 16.5. The smallest absolute Gasteiger partial charge is 0.255 e. The average Bonchev–Trinajstić information content (AvgIpc) is 3.56. The first kappa shape index (κ1) is 33.0. The largest absolute Gasteiger partial charge is 0.358 e. The molecule has 50 heavy (non-hydrogen) atoms. The van der Waals surface area contributed by atoms with Crippen LogP contribution in [0.1, 0.15) is 73.3 Å². The van der Waals surface area contributed by atoms with Crippen LogP contribution in [0.15, 0.2) is 116 Å². The minimum Gasteiger partial charge on any atom is -0.358 e. The van der Waals surface area contributed by atoms with E-state index in [0.29, 0.717) is 42.5 Å². The Labute approximate surface area is 293 Å². The van der Waals surface area contributed by atoms with Crippen LogP contribution in [-0.2, 0) is 23.2 Å². The highest BCUT2D eigenvalue weighted by Crippen LogP contribution is 2.32. The molecule has 1 saturated heterocycles.